The minimum Gasteiger partial charge on any atom is -0.327 e. The van der Waals surface area contributed by atoms with E-state index in [1.165, 1.54) is 0 Å². The van der Waals surface area contributed by atoms with Crippen LogP contribution in [0.15, 0.2) is 0 Å². The number of nitrogens with two attached hydrogens (primary N) is 1. The van der Waals surface area contributed by atoms with Gasteiger partial charge in [-0.15, -0.1) is 0 Å². The standard InChI is InChI=1S/C10H23NO2S/c1-5-7-9(11)10(6-2)14(12,13)8(3)4/h8-10H,5-7,11H2,1-4H3. The van der Waals surface area contributed by atoms with Crippen LogP contribution in [0, 0.1) is 0 Å². The molecule has 0 heterocycles. The van der Waals surface area contributed by atoms with Crippen LogP contribution in [-0.2, 0) is 9.84 Å². The highest BCUT2D eigenvalue weighted by Gasteiger charge is 2.31. The molecule has 0 aliphatic heterocycles. The smallest absolute Gasteiger partial charge is 0.156 e. The Hall–Kier alpha value is -0.0900. The first-order valence-electron chi connectivity index (χ1n) is 5.36. The second-order valence-corrected chi connectivity index (χ2v) is 6.76. The molecule has 0 saturated carbocycles. The van der Waals surface area contributed by atoms with E-state index in [1.807, 2.05) is 13.8 Å². The molecule has 0 bridgehead atoms. The van der Waals surface area contributed by atoms with Gasteiger partial charge < -0.3 is 5.73 Å². The average Bonchev–Trinajstić information content (AvgIpc) is 2.04. The monoisotopic (exact) mass is 221 g/mol. The SMILES string of the molecule is CCCC(N)C(CC)S(=O)(=O)C(C)C. The highest BCUT2D eigenvalue weighted by atomic mass is 32.2. The minimum absolute atomic E-state index is 0.211. The predicted octanol–water partition coefficient (Wildman–Crippen LogP) is 1.72. The number of rotatable bonds is 6. The Labute approximate surface area is 88.0 Å². The summed E-state index contributed by atoms with van der Waals surface area (Å²) in [5.74, 6) is 0. The first-order valence-corrected chi connectivity index (χ1v) is 6.97. The lowest BCUT2D eigenvalue weighted by Crippen LogP contribution is -2.42. The summed E-state index contributed by atoms with van der Waals surface area (Å²) in [5.41, 5.74) is 5.88. The van der Waals surface area contributed by atoms with E-state index < -0.39 is 9.84 Å². The largest absolute Gasteiger partial charge is 0.327 e. The quantitative estimate of drug-likeness (QED) is 0.743. The first-order chi connectivity index (χ1) is 6.37. The summed E-state index contributed by atoms with van der Waals surface area (Å²) in [4.78, 5) is 0. The molecule has 0 aromatic heterocycles. The van der Waals surface area contributed by atoms with Crippen LogP contribution in [0.2, 0.25) is 0 Å². The molecule has 0 spiro atoms. The molecule has 0 aliphatic carbocycles. The fourth-order valence-corrected chi connectivity index (χ4v) is 3.43. The molecule has 2 unspecified atom stereocenters. The van der Waals surface area contributed by atoms with Crippen LogP contribution in [0.3, 0.4) is 0 Å². The molecule has 2 atom stereocenters. The Kier molecular flexibility index (Phi) is 5.67. The molecule has 3 nitrogen and oxygen atoms in total. The van der Waals surface area contributed by atoms with Crippen molar-refractivity contribution in [2.45, 2.75) is 63.5 Å². The maximum Gasteiger partial charge on any atom is 0.156 e. The van der Waals surface area contributed by atoms with E-state index in [-0.39, 0.29) is 16.5 Å². The van der Waals surface area contributed by atoms with Gasteiger partial charge >= 0.3 is 0 Å². The second-order valence-electron chi connectivity index (χ2n) is 4.04. The lowest BCUT2D eigenvalue weighted by atomic mass is 10.1. The molecule has 0 aliphatic rings. The van der Waals surface area contributed by atoms with E-state index in [1.54, 1.807) is 13.8 Å². The molecule has 0 fully saturated rings. The molecule has 86 valence electrons. The van der Waals surface area contributed by atoms with Crippen molar-refractivity contribution >= 4 is 9.84 Å². The van der Waals surface area contributed by atoms with Gasteiger partial charge in [-0.2, -0.15) is 0 Å². The first kappa shape index (κ1) is 13.9. The molecule has 0 radical (unpaired) electrons. The summed E-state index contributed by atoms with van der Waals surface area (Å²) in [6, 6.07) is -0.211. The third-order valence-electron chi connectivity index (χ3n) is 2.58. The van der Waals surface area contributed by atoms with E-state index in [2.05, 4.69) is 0 Å². The van der Waals surface area contributed by atoms with E-state index in [0.29, 0.717) is 6.42 Å². The van der Waals surface area contributed by atoms with Crippen LogP contribution in [0.5, 0.6) is 0 Å². The summed E-state index contributed by atoms with van der Waals surface area (Å²) >= 11 is 0. The van der Waals surface area contributed by atoms with Crippen molar-refractivity contribution in [2.75, 3.05) is 0 Å². The molecule has 0 amide bonds. The fraction of sp³-hybridized carbons (Fsp3) is 1.00. The summed E-state index contributed by atoms with van der Waals surface area (Å²) in [5, 5.41) is -0.696. The Morgan fingerprint density at radius 1 is 1.21 bits per heavy atom. The molecule has 14 heavy (non-hydrogen) atoms. The van der Waals surface area contributed by atoms with Gasteiger partial charge in [-0.25, -0.2) is 8.42 Å². The highest BCUT2D eigenvalue weighted by molar-refractivity contribution is 7.92. The Morgan fingerprint density at radius 3 is 2.00 bits per heavy atom. The van der Waals surface area contributed by atoms with Crippen LogP contribution in [0.4, 0.5) is 0 Å². The fourth-order valence-electron chi connectivity index (χ4n) is 1.65. The van der Waals surface area contributed by atoms with Gasteiger partial charge in [0.05, 0.1) is 10.5 Å². The second kappa shape index (κ2) is 5.71. The van der Waals surface area contributed by atoms with Crippen molar-refractivity contribution in [3.05, 3.63) is 0 Å². The van der Waals surface area contributed by atoms with Gasteiger partial charge in [0.25, 0.3) is 0 Å². The van der Waals surface area contributed by atoms with Crippen LogP contribution >= 0.6 is 0 Å². The maximum absolute atomic E-state index is 11.9. The number of hydrogen-bond acceptors (Lipinski definition) is 3. The molecular formula is C10H23NO2S. The molecule has 0 saturated heterocycles. The molecular weight excluding hydrogens is 198 g/mol. The van der Waals surface area contributed by atoms with Gasteiger partial charge in [-0.3, -0.25) is 0 Å². The zero-order chi connectivity index (χ0) is 11.4. The number of hydrogen-bond donors (Lipinski definition) is 1. The van der Waals surface area contributed by atoms with Crippen LogP contribution < -0.4 is 5.73 Å². The van der Waals surface area contributed by atoms with E-state index in [9.17, 15) is 8.42 Å². The number of sulfone groups is 1. The molecule has 2 N–H and O–H groups in total. The highest BCUT2D eigenvalue weighted by Crippen LogP contribution is 2.17. The van der Waals surface area contributed by atoms with Crippen LogP contribution in [-0.4, -0.2) is 25.0 Å². The van der Waals surface area contributed by atoms with Crippen LogP contribution in [0.1, 0.15) is 47.0 Å². The van der Waals surface area contributed by atoms with E-state index >= 15 is 0 Å². The molecule has 0 aromatic carbocycles. The van der Waals surface area contributed by atoms with Crippen molar-refractivity contribution in [2.24, 2.45) is 5.73 Å². The predicted molar refractivity (Wildman–Crippen MR) is 61.0 cm³/mol. The normalized spacial score (nSPS) is 17.0. The van der Waals surface area contributed by atoms with Gasteiger partial charge in [-0.05, 0) is 26.7 Å². The van der Waals surface area contributed by atoms with Gasteiger partial charge in [0.1, 0.15) is 0 Å². The van der Waals surface area contributed by atoms with Gasteiger partial charge in [0.2, 0.25) is 0 Å². The summed E-state index contributed by atoms with van der Waals surface area (Å²) in [7, 11) is -3.04. The lowest BCUT2D eigenvalue weighted by Gasteiger charge is -2.24. The average molecular weight is 221 g/mol. The van der Waals surface area contributed by atoms with E-state index in [4.69, 9.17) is 5.73 Å². The third kappa shape index (κ3) is 3.24. The maximum atomic E-state index is 11.9. The topological polar surface area (TPSA) is 60.2 Å². The van der Waals surface area contributed by atoms with Crippen LogP contribution in [0.25, 0.3) is 0 Å². The minimum atomic E-state index is -3.04. The van der Waals surface area contributed by atoms with Crippen molar-refractivity contribution in [3.8, 4) is 0 Å². The van der Waals surface area contributed by atoms with E-state index in [0.717, 1.165) is 12.8 Å². The van der Waals surface area contributed by atoms with Crippen molar-refractivity contribution in [1.82, 2.24) is 0 Å². The Morgan fingerprint density at radius 2 is 1.71 bits per heavy atom. The van der Waals surface area contributed by atoms with Crippen molar-refractivity contribution in [3.63, 3.8) is 0 Å². The van der Waals surface area contributed by atoms with Gasteiger partial charge in [-0.1, -0.05) is 20.3 Å². The third-order valence-corrected chi connectivity index (χ3v) is 5.42. The van der Waals surface area contributed by atoms with Gasteiger partial charge in [0.15, 0.2) is 9.84 Å². The zero-order valence-electron chi connectivity index (χ0n) is 9.66. The lowest BCUT2D eigenvalue weighted by molar-refractivity contribution is 0.511. The Balaban J connectivity index is 4.72. The van der Waals surface area contributed by atoms with Crippen molar-refractivity contribution in [1.29, 1.82) is 0 Å². The summed E-state index contributed by atoms with van der Waals surface area (Å²) in [6.45, 7) is 7.35. The molecule has 0 aromatic rings. The summed E-state index contributed by atoms with van der Waals surface area (Å²) in [6.07, 6.45) is 2.33. The zero-order valence-corrected chi connectivity index (χ0v) is 10.5. The Bertz CT molecular complexity index is 247. The summed E-state index contributed by atoms with van der Waals surface area (Å²) < 4.78 is 23.8. The molecule has 0 rings (SSSR count). The van der Waals surface area contributed by atoms with Gasteiger partial charge in [0, 0.05) is 6.04 Å². The van der Waals surface area contributed by atoms with Crippen molar-refractivity contribution < 1.29 is 8.42 Å². The molecule has 4 heteroatoms.